The van der Waals surface area contributed by atoms with Crippen molar-refractivity contribution in [1.29, 1.82) is 0 Å². The van der Waals surface area contributed by atoms with Crippen molar-refractivity contribution in [2.24, 2.45) is 0 Å². The molecule has 0 spiro atoms. The Morgan fingerprint density at radius 1 is 0.500 bits per heavy atom. The Bertz CT molecular complexity index is 2110. The average Bonchev–Trinajstić information content (AvgIpc) is 3.17. The maximum absolute atomic E-state index is 14.5. The third-order valence-corrected chi connectivity index (χ3v) is 11.0. The first-order valence-electron chi connectivity index (χ1n) is 16.7. The molecule has 0 unspecified atom stereocenters. The van der Waals surface area contributed by atoms with E-state index >= 15 is 0 Å². The summed E-state index contributed by atoms with van der Waals surface area (Å²) in [4.78, 5) is 28.1. The molecule has 0 aliphatic rings. The zero-order valence-electron chi connectivity index (χ0n) is 28.3. The number of hydrogen-bond acceptors (Lipinski definition) is 2. The fourth-order valence-electron chi connectivity index (χ4n) is 6.04. The number of halogens is 6. The molecular weight excluding hydrogens is 723 g/mol. The Balaban J connectivity index is 1.38. The number of anilines is 1. The largest absolute Gasteiger partial charge is 0.416 e. The lowest BCUT2D eigenvalue weighted by molar-refractivity contribution is -0.143. The molecule has 3 N–H and O–H groups in total. The highest BCUT2D eigenvalue weighted by atomic mass is 31.1. The van der Waals surface area contributed by atoms with Crippen LogP contribution < -0.4 is 31.9 Å². The van der Waals surface area contributed by atoms with Gasteiger partial charge in [0.1, 0.15) is 0 Å². The zero-order valence-corrected chi connectivity index (χ0v) is 29.2. The van der Waals surface area contributed by atoms with Gasteiger partial charge in [0.05, 0.1) is 23.2 Å². The van der Waals surface area contributed by atoms with Gasteiger partial charge in [0.2, 0.25) is 0 Å². The SMILES string of the molecule is O=C(Nc1cc(C(F)(F)F)cc(C(F)(F)F)c1)N[C@@H](c1ccccc1)[C@@H](NC(=O)c1ccccc1P(c1ccccc1)c1ccccc1)c1ccccc1. The molecule has 0 fully saturated rings. The minimum Gasteiger partial charge on any atom is -0.343 e. The van der Waals surface area contributed by atoms with E-state index in [0.29, 0.717) is 28.8 Å². The first-order chi connectivity index (χ1) is 25.9. The second kappa shape index (κ2) is 16.4. The predicted molar refractivity (Wildman–Crippen MR) is 200 cm³/mol. The lowest BCUT2D eigenvalue weighted by Gasteiger charge is -2.31. The van der Waals surface area contributed by atoms with E-state index in [2.05, 4.69) is 16.0 Å². The summed E-state index contributed by atoms with van der Waals surface area (Å²) in [5.74, 6) is -0.463. The van der Waals surface area contributed by atoms with E-state index in [9.17, 15) is 35.9 Å². The van der Waals surface area contributed by atoms with Crippen LogP contribution >= 0.6 is 7.92 Å². The fraction of sp³-hybridized carbons (Fsp3) is 0.0952. The molecule has 5 nitrogen and oxygen atoms in total. The van der Waals surface area contributed by atoms with Crippen molar-refractivity contribution in [3.63, 3.8) is 0 Å². The number of nitrogens with one attached hydrogen (secondary N) is 3. The molecule has 0 saturated heterocycles. The van der Waals surface area contributed by atoms with E-state index < -0.39 is 61.1 Å². The Hall–Kier alpha value is -5.93. The Labute approximate surface area is 308 Å². The number of carbonyl (C=O) groups is 2. The predicted octanol–water partition coefficient (Wildman–Crippen LogP) is 9.52. The summed E-state index contributed by atoms with van der Waals surface area (Å²) in [7, 11) is -1.20. The van der Waals surface area contributed by atoms with Crippen molar-refractivity contribution < 1.29 is 35.9 Å². The summed E-state index contributed by atoms with van der Waals surface area (Å²) in [5.41, 5.74) is -2.41. The summed E-state index contributed by atoms with van der Waals surface area (Å²) < 4.78 is 81.6. The smallest absolute Gasteiger partial charge is 0.343 e. The van der Waals surface area contributed by atoms with Crippen molar-refractivity contribution in [2.45, 2.75) is 24.4 Å². The minimum absolute atomic E-state index is 0.0177. The molecule has 0 saturated carbocycles. The van der Waals surface area contributed by atoms with Crippen LogP contribution in [0, 0.1) is 0 Å². The van der Waals surface area contributed by atoms with E-state index in [0.717, 1.165) is 15.9 Å². The molecule has 0 bridgehead atoms. The maximum Gasteiger partial charge on any atom is 0.416 e. The number of alkyl halides is 6. The minimum atomic E-state index is -5.11. The van der Waals surface area contributed by atoms with Crippen molar-refractivity contribution in [1.82, 2.24) is 10.6 Å². The Morgan fingerprint density at radius 2 is 0.907 bits per heavy atom. The van der Waals surface area contributed by atoms with Gasteiger partial charge < -0.3 is 16.0 Å². The summed E-state index contributed by atoms with van der Waals surface area (Å²) in [6, 6.07) is 41.9. The number of rotatable bonds is 10. The molecule has 6 rings (SSSR count). The molecular formula is C42H32F6N3O2P. The van der Waals surface area contributed by atoms with Gasteiger partial charge in [-0.2, -0.15) is 26.3 Å². The summed E-state index contributed by atoms with van der Waals surface area (Å²) in [6.45, 7) is 0. The fourth-order valence-corrected chi connectivity index (χ4v) is 8.48. The Morgan fingerprint density at radius 3 is 1.37 bits per heavy atom. The molecule has 274 valence electrons. The van der Waals surface area contributed by atoms with Gasteiger partial charge >= 0.3 is 18.4 Å². The highest BCUT2D eigenvalue weighted by Crippen LogP contribution is 2.38. The van der Waals surface area contributed by atoms with E-state index in [-0.39, 0.29) is 6.07 Å². The quantitative estimate of drug-likeness (QED) is 0.0964. The van der Waals surface area contributed by atoms with Gasteiger partial charge in [0.25, 0.3) is 5.91 Å². The second-order valence-corrected chi connectivity index (χ2v) is 14.4. The summed E-state index contributed by atoms with van der Waals surface area (Å²) in [6.07, 6.45) is -10.2. The lowest BCUT2D eigenvalue weighted by atomic mass is 9.93. The third kappa shape index (κ3) is 9.16. The molecule has 2 atom stereocenters. The molecule has 54 heavy (non-hydrogen) atoms. The highest BCUT2D eigenvalue weighted by molar-refractivity contribution is 7.80. The number of urea groups is 1. The molecule has 0 heterocycles. The molecule has 3 amide bonds. The first-order valence-corrected chi connectivity index (χ1v) is 18.0. The van der Waals surface area contributed by atoms with Gasteiger partial charge in [0.15, 0.2) is 0 Å². The molecule has 6 aromatic rings. The lowest BCUT2D eigenvalue weighted by Crippen LogP contribution is -2.43. The van der Waals surface area contributed by atoms with Gasteiger partial charge in [-0.1, -0.05) is 140 Å². The average molecular weight is 756 g/mol. The van der Waals surface area contributed by atoms with E-state index in [1.165, 1.54) is 0 Å². The molecule has 0 aromatic heterocycles. The zero-order chi connectivity index (χ0) is 38.3. The van der Waals surface area contributed by atoms with Gasteiger partial charge in [-0.15, -0.1) is 0 Å². The van der Waals surface area contributed by atoms with Crippen molar-refractivity contribution in [3.8, 4) is 0 Å². The van der Waals surface area contributed by atoms with Gasteiger partial charge in [-0.25, -0.2) is 4.79 Å². The van der Waals surface area contributed by atoms with Gasteiger partial charge in [-0.3, -0.25) is 4.79 Å². The monoisotopic (exact) mass is 755 g/mol. The third-order valence-electron chi connectivity index (χ3n) is 8.49. The van der Waals surface area contributed by atoms with Crippen LogP contribution in [0.2, 0.25) is 0 Å². The van der Waals surface area contributed by atoms with Crippen LogP contribution in [0.15, 0.2) is 164 Å². The molecule has 0 aliphatic heterocycles. The first kappa shape index (κ1) is 37.8. The molecule has 0 aliphatic carbocycles. The number of benzene rings is 6. The van der Waals surface area contributed by atoms with Crippen LogP contribution in [0.3, 0.4) is 0 Å². The summed E-state index contributed by atoms with van der Waals surface area (Å²) >= 11 is 0. The maximum atomic E-state index is 14.5. The molecule has 0 radical (unpaired) electrons. The van der Waals surface area contributed by atoms with Crippen molar-refractivity contribution >= 4 is 41.5 Å². The topological polar surface area (TPSA) is 70.2 Å². The van der Waals surface area contributed by atoms with Crippen LogP contribution in [0.4, 0.5) is 36.8 Å². The normalized spacial score (nSPS) is 12.8. The van der Waals surface area contributed by atoms with E-state index in [1.807, 2.05) is 72.8 Å². The standard InChI is InChI=1S/C42H32F6N3O2P/c43-41(44,45)30-25-31(42(46,47)48)27-32(26-30)49-40(53)51-38(29-17-7-2-8-18-29)37(28-15-5-1-6-16-28)50-39(52)35-23-13-14-24-36(35)54(33-19-9-3-10-20-33)34-21-11-4-12-22-34/h1-27,37-38H,(H,50,52)(H2,49,51,53)/t37-,38-/m0/s1. The summed E-state index contributed by atoms with van der Waals surface area (Å²) in [5, 5.41) is 10.8. The van der Waals surface area contributed by atoms with Crippen LogP contribution in [0.1, 0.15) is 44.7 Å². The highest BCUT2D eigenvalue weighted by Gasteiger charge is 2.37. The van der Waals surface area contributed by atoms with Gasteiger partial charge in [-0.05, 0) is 59.2 Å². The number of amides is 3. The van der Waals surface area contributed by atoms with Crippen molar-refractivity contribution in [2.75, 3.05) is 5.32 Å². The number of carbonyl (C=O) groups excluding carboxylic acids is 2. The van der Waals surface area contributed by atoms with Crippen LogP contribution in [0.25, 0.3) is 0 Å². The van der Waals surface area contributed by atoms with Gasteiger partial charge in [0, 0.05) is 11.3 Å². The molecule has 12 heteroatoms. The van der Waals surface area contributed by atoms with Crippen molar-refractivity contribution in [3.05, 3.63) is 192 Å². The Kier molecular flexibility index (Phi) is 11.5. The van der Waals surface area contributed by atoms with Crippen LogP contribution in [-0.2, 0) is 12.4 Å². The van der Waals surface area contributed by atoms with E-state index in [1.54, 1.807) is 72.8 Å². The van der Waals surface area contributed by atoms with Crippen LogP contribution in [0.5, 0.6) is 0 Å². The number of hydrogen-bond donors (Lipinski definition) is 3. The van der Waals surface area contributed by atoms with E-state index in [4.69, 9.17) is 0 Å². The second-order valence-electron chi connectivity index (χ2n) is 12.2. The van der Waals surface area contributed by atoms with Crippen LogP contribution in [-0.4, -0.2) is 11.9 Å². The molecule has 6 aromatic carbocycles.